The predicted octanol–water partition coefficient (Wildman–Crippen LogP) is 1.27. The molecule has 0 saturated heterocycles. The maximum Gasteiger partial charge on any atom is 0.224 e. The number of fused-ring (bicyclic) bond motifs is 1. The van der Waals surface area contributed by atoms with Crippen LogP contribution in [0.5, 0.6) is 0 Å². The van der Waals surface area contributed by atoms with Crippen LogP contribution in [-0.2, 0) is 27.2 Å². The van der Waals surface area contributed by atoms with Crippen LogP contribution in [0.1, 0.15) is 24.0 Å². The number of anilines is 1. The summed E-state index contributed by atoms with van der Waals surface area (Å²) >= 11 is 0. The number of ether oxygens (including phenoxy) is 1. The maximum atomic E-state index is 11.8. The van der Waals surface area contributed by atoms with E-state index in [9.17, 15) is 9.59 Å². The molecule has 108 valence electrons. The van der Waals surface area contributed by atoms with E-state index >= 15 is 0 Å². The van der Waals surface area contributed by atoms with Gasteiger partial charge in [0.15, 0.2) is 0 Å². The lowest BCUT2D eigenvalue weighted by Crippen LogP contribution is -2.27. The molecule has 0 saturated carbocycles. The molecule has 0 spiro atoms. The van der Waals surface area contributed by atoms with Crippen molar-refractivity contribution in [2.75, 3.05) is 25.6 Å². The smallest absolute Gasteiger partial charge is 0.224 e. The van der Waals surface area contributed by atoms with Crippen molar-refractivity contribution in [3.05, 3.63) is 29.3 Å². The molecule has 2 amide bonds. The molecule has 1 aromatic carbocycles. The summed E-state index contributed by atoms with van der Waals surface area (Å²) in [5, 5.41) is 5.70. The second kappa shape index (κ2) is 7.05. The minimum atomic E-state index is 0.0147. The Kier molecular flexibility index (Phi) is 5.12. The summed E-state index contributed by atoms with van der Waals surface area (Å²) in [5.41, 5.74) is 2.95. The number of carbonyl (C=O) groups is 2. The molecule has 0 unspecified atom stereocenters. The second-order valence-corrected chi connectivity index (χ2v) is 4.91. The molecule has 1 aromatic rings. The third-order valence-corrected chi connectivity index (χ3v) is 3.28. The highest BCUT2D eigenvalue weighted by molar-refractivity contribution is 5.94. The van der Waals surface area contributed by atoms with Crippen LogP contribution in [0, 0.1) is 0 Å². The Morgan fingerprint density at radius 2 is 2.25 bits per heavy atom. The number of rotatable bonds is 6. The van der Waals surface area contributed by atoms with Crippen molar-refractivity contribution in [3.63, 3.8) is 0 Å². The van der Waals surface area contributed by atoms with Gasteiger partial charge < -0.3 is 15.4 Å². The first-order chi connectivity index (χ1) is 9.69. The first-order valence-electron chi connectivity index (χ1n) is 6.86. The van der Waals surface area contributed by atoms with E-state index in [2.05, 4.69) is 10.6 Å². The molecule has 0 fully saturated rings. The molecule has 0 aromatic heterocycles. The number of hydrogen-bond donors (Lipinski definition) is 2. The Bertz CT molecular complexity index is 500. The third kappa shape index (κ3) is 4.06. The molecular weight excluding hydrogens is 256 g/mol. The fourth-order valence-corrected chi connectivity index (χ4v) is 2.24. The first kappa shape index (κ1) is 14.5. The van der Waals surface area contributed by atoms with Crippen LogP contribution in [0.3, 0.4) is 0 Å². The van der Waals surface area contributed by atoms with Gasteiger partial charge in [0.25, 0.3) is 0 Å². The van der Waals surface area contributed by atoms with Gasteiger partial charge in [-0.2, -0.15) is 0 Å². The van der Waals surface area contributed by atoms with Crippen LogP contribution in [0.2, 0.25) is 0 Å². The Morgan fingerprint density at radius 3 is 3.05 bits per heavy atom. The molecule has 20 heavy (non-hydrogen) atoms. The standard InChI is InChI=1S/C15H20N2O3/c1-20-8-2-7-16-15(19)10-11-3-5-13-12(9-11)4-6-14(18)17-13/h3,5,9H,2,4,6-8,10H2,1H3,(H,16,19)(H,17,18). The molecule has 1 aliphatic rings. The molecule has 0 radical (unpaired) electrons. The predicted molar refractivity (Wildman–Crippen MR) is 76.6 cm³/mol. The van der Waals surface area contributed by atoms with Crippen molar-refractivity contribution < 1.29 is 14.3 Å². The molecule has 0 bridgehead atoms. The first-order valence-corrected chi connectivity index (χ1v) is 6.86. The van der Waals surface area contributed by atoms with Crippen LogP contribution in [0.25, 0.3) is 0 Å². The Labute approximate surface area is 118 Å². The zero-order chi connectivity index (χ0) is 14.4. The molecule has 0 aliphatic carbocycles. The summed E-state index contributed by atoms with van der Waals surface area (Å²) in [6.45, 7) is 1.28. The lowest BCUT2D eigenvalue weighted by Gasteiger charge is -2.17. The monoisotopic (exact) mass is 276 g/mol. The zero-order valence-electron chi connectivity index (χ0n) is 11.7. The average Bonchev–Trinajstić information content (AvgIpc) is 2.44. The SMILES string of the molecule is COCCCNC(=O)Cc1ccc2c(c1)CCC(=O)N2. The summed E-state index contributed by atoms with van der Waals surface area (Å²) in [4.78, 5) is 23.0. The van der Waals surface area contributed by atoms with E-state index in [0.717, 1.165) is 29.7 Å². The number of methoxy groups -OCH3 is 1. The van der Waals surface area contributed by atoms with Crippen molar-refractivity contribution in [2.45, 2.75) is 25.7 Å². The van der Waals surface area contributed by atoms with Gasteiger partial charge in [-0.05, 0) is 30.0 Å². The third-order valence-electron chi connectivity index (χ3n) is 3.28. The van der Waals surface area contributed by atoms with Crippen molar-refractivity contribution in [3.8, 4) is 0 Å². The van der Waals surface area contributed by atoms with Crippen LogP contribution in [-0.4, -0.2) is 32.1 Å². The summed E-state index contributed by atoms with van der Waals surface area (Å²) in [5.74, 6) is 0.0713. The number of benzene rings is 1. The highest BCUT2D eigenvalue weighted by atomic mass is 16.5. The van der Waals surface area contributed by atoms with Gasteiger partial charge in [-0.1, -0.05) is 12.1 Å². The molecule has 1 aliphatic heterocycles. The lowest BCUT2D eigenvalue weighted by molar-refractivity contribution is -0.120. The van der Waals surface area contributed by atoms with Crippen molar-refractivity contribution in [1.82, 2.24) is 5.32 Å². The molecular formula is C15H20N2O3. The molecule has 1 heterocycles. The Balaban J connectivity index is 1.87. The van der Waals surface area contributed by atoms with E-state index < -0.39 is 0 Å². The average molecular weight is 276 g/mol. The Morgan fingerprint density at radius 1 is 1.40 bits per heavy atom. The highest BCUT2D eigenvalue weighted by Crippen LogP contribution is 2.23. The topological polar surface area (TPSA) is 67.4 Å². The van der Waals surface area contributed by atoms with E-state index in [-0.39, 0.29) is 11.8 Å². The number of amides is 2. The number of nitrogens with one attached hydrogen (secondary N) is 2. The highest BCUT2D eigenvalue weighted by Gasteiger charge is 2.15. The van der Waals surface area contributed by atoms with Crippen molar-refractivity contribution in [1.29, 1.82) is 0 Å². The second-order valence-electron chi connectivity index (χ2n) is 4.91. The summed E-state index contributed by atoms with van der Waals surface area (Å²) in [6, 6.07) is 5.77. The fourth-order valence-electron chi connectivity index (χ4n) is 2.24. The van der Waals surface area contributed by atoms with E-state index in [1.165, 1.54) is 0 Å². The van der Waals surface area contributed by atoms with Crippen LogP contribution in [0.15, 0.2) is 18.2 Å². The lowest BCUT2D eigenvalue weighted by atomic mass is 9.99. The van der Waals surface area contributed by atoms with Gasteiger partial charge in [-0.25, -0.2) is 0 Å². The van der Waals surface area contributed by atoms with Crippen LogP contribution < -0.4 is 10.6 Å². The van der Waals surface area contributed by atoms with Gasteiger partial charge >= 0.3 is 0 Å². The van der Waals surface area contributed by atoms with Gasteiger partial charge in [0, 0.05) is 32.4 Å². The quantitative estimate of drug-likeness (QED) is 0.769. The van der Waals surface area contributed by atoms with Gasteiger partial charge in [0.2, 0.25) is 11.8 Å². The maximum absolute atomic E-state index is 11.8. The van der Waals surface area contributed by atoms with Gasteiger partial charge in [0.1, 0.15) is 0 Å². The molecule has 2 rings (SSSR count). The fraction of sp³-hybridized carbons (Fsp3) is 0.467. The van der Waals surface area contributed by atoms with Crippen LogP contribution in [0.4, 0.5) is 5.69 Å². The molecule has 2 N–H and O–H groups in total. The van der Waals surface area contributed by atoms with Crippen molar-refractivity contribution >= 4 is 17.5 Å². The summed E-state index contributed by atoms with van der Waals surface area (Å²) in [6.07, 6.45) is 2.44. The molecule has 5 heteroatoms. The summed E-state index contributed by atoms with van der Waals surface area (Å²) < 4.78 is 4.93. The van der Waals surface area contributed by atoms with Gasteiger partial charge in [0.05, 0.1) is 6.42 Å². The largest absolute Gasteiger partial charge is 0.385 e. The zero-order valence-corrected chi connectivity index (χ0v) is 11.7. The van der Waals surface area contributed by atoms with E-state index in [1.807, 2.05) is 18.2 Å². The van der Waals surface area contributed by atoms with Gasteiger partial charge in [-0.3, -0.25) is 9.59 Å². The van der Waals surface area contributed by atoms with Crippen molar-refractivity contribution in [2.24, 2.45) is 0 Å². The van der Waals surface area contributed by atoms with Gasteiger partial charge in [-0.15, -0.1) is 0 Å². The Hall–Kier alpha value is -1.88. The normalized spacial score (nSPS) is 13.6. The summed E-state index contributed by atoms with van der Waals surface area (Å²) in [7, 11) is 1.65. The molecule has 5 nitrogen and oxygen atoms in total. The number of carbonyl (C=O) groups excluding carboxylic acids is 2. The minimum Gasteiger partial charge on any atom is -0.385 e. The van der Waals surface area contributed by atoms with Crippen LogP contribution >= 0.6 is 0 Å². The van der Waals surface area contributed by atoms with E-state index in [4.69, 9.17) is 4.74 Å². The van der Waals surface area contributed by atoms with E-state index in [0.29, 0.717) is 26.0 Å². The number of aryl methyl sites for hydroxylation is 1. The number of hydrogen-bond acceptors (Lipinski definition) is 3. The molecule has 0 atom stereocenters. The minimum absolute atomic E-state index is 0.0147. The van der Waals surface area contributed by atoms with E-state index in [1.54, 1.807) is 7.11 Å².